The summed E-state index contributed by atoms with van der Waals surface area (Å²) in [5.74, 6) is -2.43. The van der Waals surface area contributed by atoms with Gasteiger partial charge in [-0.05, 0) is 55.7 Å². The lowest BCUT2D eigenvalue weighted by Gasteiger charge is -2.34. The van der Waals surface area contributed by atoms with Crippen molar-refractivity contribution in [1.82, 2.24) is 26.1 Å². The molecule has 0 saturated carbocycles. The van der Waals surface area contributed by atoms with Crippen molar-refractivity contribution < 1.29 is 24.3 Å². The minimum absolute atomic E-state index is 0.164. The second-order valence-corrected chi connectivity index (χ2v) is 10.3. The fraction of sp³-hybridized carbons (Fsp3) is 0.483. The van der Waals surface area contributed by atoms with Crippen LogP contribution in [0.1, 0.15) is 58.2 Å². The van der Waals surface area contributed by atoms with Crippen LogP contribution in [0.5, 0.6) is 0 Å². The zero-order chi connectivity index (χ0) is 28.5. The van der Waals surface area contributed by atoms with Gasteiger partial charge in [0.05, 0.1) is 0 Å². The van der Waals surface area contributed by atoms with Gasteiger partial charge < -0.3 is 15.7 Å². The monoisotopic (exact) mass is 537 g/mol. The topological polar surface area (TPSA) is 141 Å². The van der Waals surface area contributed by atoms with Crippen molar-refractivity contribution in [3.8, 4) is 11.1 Å². The highest BCUT2D eigenvalue weighted by Gasteiger charge is 2.32. The van der Waals surface area contributed by atoms with Gasteiger partial charge in [0.15, 0.2) is 0 Å². The highest BCUT2D eigenvalue weighted by Crippen LogP contribution is 2.20. The second-order valence-electron chi connectivity index (χ2n) is 10.3. The van der Waals surface area contributed by atoms with E-state index in [0.717, 1.165) is 23.2 Å². The van der Waals surface area contributed by atoms with Gasteiger partial charge in [0.1, 0.15) is 18.1 Å². The first-order chi connectivity index (χ1) is 18.6. The molecule has 0 spiro atoms. The van der Waals surface area contributed by atoms with Gasteiger partial charge in [0.25, 0.3) is 5.91 Å². The van der Waals surface area contributed by atoms with E-state index >= 15 is 0 Å². The number of carboxylic acids is 1. The molecule has 1 aromatic carbocycles. The van der Waals surface area contributed by atoms with E-state index in [1.54, 1.807) is 13.1 Å². The fourth-order valence-corrected chi connectivity index (χ4v) is 4.46. The molecule has 0 radical (unpaired) electrons. The summed E-state index contributed by atoms with van der Waals surface area (Å²) in [7, 11) is 0. The Kier molecular flexibility index (Phi) is 10.6. The summed E-state index contributed by atoms with van der Waals surface area (Å²) in [6.45, 7) is 7.64. The van der Waals surface area contributed by atoms with E-state index in [-0.39, 0.29) is 18.2 Å². The summed E-state index contributed by atoms with van der Waals surface area (Å²) < 4.78 is 0. The molecule has 1 aliphatic heterocycles. The molecule has 2 aromatic rings. The van der Waals surface area contributed by atoms with E-state index in [2.05, 4.69) is 40.1 Å². The van der Waals surface area contributed by atoms with Crippen molar-refractivity contribution in [2.45, 2.75) is 77.9 Å². The van der Waals surface area contributed by atoms with Crippen LogP contribution < -0.4 is 16.1 Å². The average molecular weight is 538 g/mol. The molecule has 1 saturated heterocycles. The maximum atomic E-state index is 13.0. The Balaban J connectivity index is 1.52. The molecule has 3 rings (SSSR count). The molecule has 10 heteroatoms. The summed E-state index contributed by atoms with van der Waals surface area (Å²) in [6.07, 6.45) is 4.33. The summed E-state index contributed by atoms with van der Waals surface area (Å²) in [5, 5.41) is 15.9. The number of aliphatic carboxylic acids is 1. The number of benzene rings is 1. The predicted molar refractivity (Wildman–Crippen MR) is 147 cm³/mol. The van der Waals surface area contributed by atoms with Crippen molar-refractivity contribution in [3.05, 3.63) is 53.9 Å². The minimum atomic E-state index is -1.03. The lowest BCUT2D eigenvalue weighted by Crippen LogP contribution is -2.60. The number of nitrogens with zero attached hydrogens (tertiary/aromatic N) is 2. The number of aromatic nitrogens is 1. The predicted octanol–water partition coefficient (Wildman–Crippen LogP) is 2.47. The summed E-state index contributed by atoms with van der Waals surface area (Å²) in [5.41, 5.74) is 6.84. The van der Waals surface area contributed by atoms with Crippen LogP contribution in [0.25, 0.3) is 11.1 Å². The number of rotatable bonds is 11. The van der Waals surface area contributed by atoms with Crippen molar-refractivity contribution in [2.75, 3.05) is 6.54 Å². The summed E-state index contributed by atoms with van der Waals surface area (Å²) in [6, 6.07) is 9.66. The molecule has 3 unspecified atom stereocenters. The number of aryl methyl sites for hydroxylation is 2. The van der Waals surface area contributed by atoms with Crippen LogP contribution in [0, 0.1) is 5.92 Å². The highest BCUT2D eigenvalue weighted by molar-refractivity contribution is 5.92. The van der Waals surface area contributed by atoms with E-state index < -0.39 is 35.9 Å². The number of carbonyl (C=O) groups excluding carboxylic acids is 3. The van der Waals surface area contributed by atoms with Crippen molar-refractivity contribution in [1.29, 1.82) is 0 Å². The number of carbonyl (C=O) groups is 4. The van der Waals surface area contributed by atoms with Crippen LogP contribution in [0.2, 0.25) is 0 Å². The van der Waals surface area contributed by atoms with E-state index in [0.29, 0.717) is 25.8 Å². The van der Waals surface area contributed by atoms with E-state index in [1.807, 2.05) is 38.1 Å². The zero-order valence-corrected chi connectivity index (χ0v) is 23.1. The van der Waals surface area contributed by atoms with Crippen LogP contribution in [-0.2, 0) is 32.0 Å². The number of hydrogen-bond acceptors (Lipinski definition) is 6. The number of amides is 3. The fourth-order valence-electron chi connectivity index (χ4n) is 4.46. The third-order valence-electron chi connectivity index (χ3n) is 6.85. The SMILES string of the molecule is CCc1cccc(-c2ccc(CCC(=O)NC(C(=O)NC(C)C(=O)N3CCCC(C(=O)O)N3)C(C)C)nc2)c1. The van der Waals surface area contributed by atoms with Crippen LogP contribution in [0.3, 0.4) is 0 Å². The Morgan fingerprint density at radius 2 is 1.87 bits per heavy atom. The van der Waals surface area contributed by atoms with Gasteiger partial charge in [-0.3, -0.25) is 29.2 Å². The lowest BCUT2D eigenvalue weighted by molar-refractivity contribution is -0.148. The van der Waals surface area contributed by atoms with Gasteiger partial charge in [-0.2, -0.15) is 0 Å². The molecule has 1 aromatic heterocycles. The van der Waals surface area contributed by atoms with E-state index in [9.17, 15) is 24.3 Å². The standard InChI is InChI=1S/C29H39N5O5/c1-5-20-8-6-9-21(16-20)22-11-12-23(30-17-22)13-14-25(35)32-26(18(2)3)27(36)31-19(4)28(37)34-15-7-10-24(33-34)29(38)39/h6,8-9,11-12,16-19,24,26,33H,5,7,10,13-15H2,1-4H3,(H,31,36)(H,32,35)(H,38,39). The summed E-state index contributed by atoms with van der Waals surface area (Å²) >= 11 is 0. The number of carboxylic acid groups (broad SMARTS) is 1. The van der Waals surface area contributed by atoms with Crippen LogP contribution in [0.4, 0.5) is 0 Å². The van der Waals surface area contributed by atoms with Gasteiger partial charge >= 0.3 is 5.97 Å². The van der Waals surface area contributed by atoms with Crippen LogP contribution >= 0.6 is 0 Å². The first-order valence-corrected chi connectivity index (χ1v) is 13.5. The summed E-state index contributed by atoms with van der Waals surface area (Å²) in [4.78, 5) is 54.2. The number of hydrazine groups is 1. The van der Waals surface area contributed by atoms with Crippen molar-refractivity contribution >= 4 is 23.7 Å². The third-order valence-corrected chi connectivity index (χ3v) is 6.85. The Morgan fingerprint density at radius 1 is 1.10 bits per heavy atom. The molecule has 4 N–H and O–H groups in total. The number of pyridine rings is 1. The maximum Gasteiger partial charge on any atom is 0.322 e. The minimum Gasteiger partial charge on any atom is -0.480 e. The number of hydrogen-bond donors (Lipinski definition) is 4. The largest absolute Gasteiger partial charge is 0.480 e. The Labute approximate surface area is 229 Å². The smallest absolute Gasteiger partial charge is 0.322 e. The maximum absolute atomic E-state index is 13.0. The van der Waals surface area contributed by atoms with Crippen LogP contribution in [0.15, 0.2) is 42.6 Å². The molecule has 3 atom stereocenters. The first kappa shape index (κ1) is 29.8. The molecule has 210 valence electrons. The Hall–Kier alpha value is -3.79. The molecule has 10 nitrogen and oxygen atoms in total. The van der Waals surface area contributed by atoms with Gasteiger partial charge in [0.2, 0.25) is 11.8 Å². The normalized spacial score (nSPS) is 16.8. The van der Waals surface area contributed by atoms with Gasteiger partial charge in [0, 0.05) is 30.4 Å². The lowest BCUT2D eigenvalue weighted by atomic mass is 10.0. The van der Waals surface area contributed by atoms with Gasteiger partial charge in [-0.1, -0.05) is 51.1 Å². The van der Waals surface area contributed by atoms with Crippen LogP contribution in [-0.4, -0.2) is 63.5 Å². The molecule has 1 fully saturated rings. The molecule has 2 heterocycles. The molecule has 0 bridgehead atoms. The van der Waals surface area contributed by atoms with Gasteiger partial charge in [-0.25, -0.2) is 5.43 Å². The molecule has 3 amide bonds. The first-order valence-electron chi connectivity index (χ1n) is 13.5. The quantitative estimate of drug-likeness (QED) is 0.345. The molecular formula is C29H39N5O5. The average Bonchev–Trinajstić information content (AvgIpc) is 2.94. The van der Waals surface area contributed by atoms with E-state index in [1.165, 1.54) is 10.6 Å². The zero-order valence-electron chi connectivity index (χ0n) is 23.1. The third kappa shape index (κ3) is 8.35. The Bertz CT molecular complexity index is 1170. The van der Waals surface area contributed by atoms with Crippen molar-refractivity contribution in [2.24, 2.45) is 5.92 Å². The van der Waals surface area contributed by atoms with E-state index in [4.69, 9.17) is 0 Å². The van der Waals surface area contributed by atoms with Crippen molar-refractivity contribution in [3.63, 3.8) is 0 Å². The van der Waals surface area contributed by atoms with Gasteiger partial charge in [-0.15, -0.1) is 0 Å². The number of nitrogens with one attached hydrogen (secondary N) is 3. The Morgan fingerprint density at radius 3 is 2.51 bits per heavy atom. The highest BCUT2D eigenvalue weighted by atomic mass is 16.4. The second kappa shape index (κ2) is 13.8. The molecule has 1 aliphatic rings. The molecular weight excluding hydrogens is 498 g/mol. The molecule has 39 heavy (non-hydrogen) atoms. The molecule has 0 aliphatic carbocycles.